The topological polar surface area (TPSA) is 24.1 Å². The van der Waals surface area contributed by atoms with E-state index < -0.39 is 9.96 Å². The summed E-state index contributed by atoms with van der Waals surface area (Å²) >= 11 is 19.2. The van der Waals surface area contributed by atoms with Crippen LogP contribution in [0.1, 0.15) is 0 Å². The Morgan fingerprint density at radius 2 is 0.839 bits per heavy atom. The molecule has 2 nitrogen and oxygen atoms in total. The molecule has 31 heavy (non-hydrogen) atoms. The van der Waals surface area contributed by atoms with E-state index in [1.54, 1.807) is 0 Å². The van der Waals surface area contributed by atoms with E-state index >= 15 is 0 Å². The largest absolute Gasteiger partial charge is 0.361 e. The maximum atomic E-state index is 6.40. The van der Waals surface area contributed by atoms with Crippen LogP contribution in [-0.2, 0) is 0 Å². The SMILES string of the molecule is ClC(Cl)(Cl)C(Nc1ccccc1-c1ccccc1)Nc1ccccc1-c1ccccc1. The van der Waals surface area contributed by atoms with Crippen molar-refractivity contribution in [1.29, 1.82) is 0 Å². The van der Waals surface area contributed by atoms with Crippen molar-refractivity contribution >= 4 is 46.2 Å². The first kappa shape index (κ1) is 21.6. The lowest BCUT2D eigenvalue weighted by atomic mass is 10.0. The summed E-state index contributed by atoms with van der Waals surface area (Å²) in [5.74, 6) is 0. The zero-order valence-corrected chi connectivity index (χ0v) is 18.9. The molecule has 0 heterocycles. The fraction of sp³-hybridized carbons (Fsp3) is 0.0769. The van der Waals surface area contributed by atoms with E-state index in [2.05, 4.69) is 34.9 Å². The van der Waals surface area contributed by atoms with E-state index in [-0.39, 0.29) is 0 Å². The van der Waals surface area contributed by atoms with Gasteiger partial charge in [-0.05, 0) is 23.3 Å². The van der Waals surface area contributed by atoms with Gasteiger partial charge in [-0.2, -0.15) is 0 Å². The molecule has 0 aliphatic carbocycles. The Labute approximate surface area is 197 Å². The van der Waals surface area contributed by atoms with Crippen LogP contribution in [0.3, 0.4) is 0 Å². The molecule has 0 amide bonds. The van der Waals surface area contributed by atoms with Crippen LogP contribution >= 0.6 is 34.8 Å². The van der Waals surface area contributed by atoms with Crippen LogP contribution in [0.15, 0.2) is 109 Å². The standard InChI is InChI=1S/C26H21Cl3N2/c27-26(28,29)25(30-23-17-9-7-15-21(23)19-11-3-1-4-12-19)31-24-18-10-8-16-22(24)20-13-5-2-6-14-20/h1-18,25,30-31H. The van der Waals surface area contributed by atoms with Crippen molar-refractivity contribution in [2.75, 3.05) is 10.6 Å². The van der Waals surface area contributed by atoms with Gasteiger partial charge in [0.2, 0.25) is 3.79 Å². The molecule has 0 aliphatic heterocycles. The Balaban J connectivity index is 1.68. The van der Waals surface area contributed by atoms with E-state index in [0.717, 1.165) is 33.6 Å². The number of hydrogen-bond acceptors (Lipinski definition) is 2. The Morgan fingerprint density at radius 1 is 0.484 bits per heavy atom. The number of alkyl halides is 3. The van der Waals surface area contributed by atoms with Gasteiger partial charge in [-0.25, -0.2) is 0 Å². The van der Waals surface area contributed by atoms with Gasteiger partial charge < -0.3 is 10.6 Å². The smallest absolute Gasteiger partial charge is 0.228 e. The molecule has 0 saturated heterocycles. The van der Waals surface area contributed by atoms with E-state index in [4.69, 9.17) is 34.8 Å². The normalized spacial score (nSPS) is 11.4. The number of benzene rings is 4. The highest BCUT2D eigenvalue weighted by atomic mass is 35.6. The van der Waals surface area contributed by atoms with Crippen LogP contribution < -0.4 is 10.6 Å². The quantitative estimate of drug-likeness (QED) is 0.220. The van der Waals surface area contributed by atoms with Gasteiger partial charge in [0.05, 0.1) is 0 Å². The van der Waals surface area contributed by atoms with Gasteiger partial charge in [-0.15, -0.1) is 0 Å². The summed E-state index contributed by atoms with van der Waals surface area (Å²) in [7, 11) is 0. The molecule has 156 valence electrons. The molecule has 0 bridgehead atoms. The highest BCUT2D eigenvalue weighted by Crippen LogP contribution is 2.37. The number of nitrogens with one attached hydrogen (secondary N) is 2. The molecule has 0 fully saturated rings. The first-order valence-corrected chi connectivity index (χ1v) is 11.0. The van der Waals surface area contributed by atoms with Gasteiger partial charge in [0.1, 0.15) is 6.17 Å². The van der Waals surface area contributed by atoms with Crippen molar-refractivity contribution < 1.29 is 0 Å². The third kappa shape index (κ3) is 5.34. The summed E-state index contributed by atoms with van der Waals surface area (Å²) in [6, 6.07) is 36.2. The summed E-state index contributed by atoms with van der Waals surface area (Å²) in [5, 5.41) is 6.81. The fourth-order valence-electron chi connectivity index (χ4n) is 3.47. The lowest BCUT2D eigenvalue weighted by Gasteiger charge is -2.30. The van der Waals surface area contributed by atoms with Crippen LogP contribution in [0.25, 0.3) is 22.3 Å². The Kier molecular flexibility index (Phi) is 6.72. The number of anilines is 2. The predicted octanol–water partition coefficient (Wildman–Crippen LogP) is 8.24. The van der Waals surface area contributed by atoms with Gasteiger partial charge in [0.15, 0.2) is 0 Å². The molecular formula is C26H21Cl3N2. The molecule has 4 aromatic rings. The van der Waals surface area contributed by atoms with Crippen LogP contribution in [0.4, 0.5) is 11.4 Å². The Bertz CT molecular complexity index is 1040. The average molecular weight is 468 g/mol. The highest BCUT2D eigenvalue weighted by Gasteiger charge is 2.33. The van der Waals surface area contributed by atoms with Crippen LogP contribution in [0.2, 0.25) is 0 Å². The second-order valence-electron chi connectivity index (χ2n) is 7.09. The van der Waals surface area contributed by atoms with Gasteiger partial charge in [0, 0.05) is 22.5 Å². The summed E-state index contributed by atoms with van der Waals surface area (Å²) in [5.41, 5.74) is 5.96. The predicted molar refractivity (Wildman–Crippen MR) is 135 cm³/mol. The maximum Gasteiger partial charge on any atom is 0.228 e. The molecule has 5 heteroatoms. The Hall–Kier alpha value is -2.65. The lowest BCUT2D eigenvalue weighted by molar-refractivity contribution is 0.839. The third-order valence-corrected chi connectivity index (χ3v) is 5.61. The number of hydrogen-bond donors (Lipinski definition) is 2. The second-order valence-corrected chi connectivity index (χ2v) is 9.46. The molecule has 0 saturated carbocycles. The highest BCUT2D eigenvalue weighted by molar-refractivity contribution is 6.68. The fourth-order valence-corrected chi connectivity index (χ4v) is 3.79. The van der Waals surface area contributed by atoms with Crippen molar-refractivity contribution in [2.24, 2.45) is 0 Å². The van der Waals surface area contributed by atoms with E-state index in [1.165, 1.54) is 0 Å². The molecule has 0 aromatic heterocycles. The number of halogens is 3. The lowest BCUT2D eigenvalue weighted by Crippen LogP contribution is -2.41. The van der Waals surface area contributed by atoms with Crippen molar-refractivity contribution in [3.8, 4) is 22.3 Å². The van der Waals surface area contributed by atoms with E-state index in [0.29, 0.717) is 0 Å². The molecule has 0 spiro atoms. The molecular weight excluding hydrogens is 447 g/mol. The molecule has 4 aromatic carbocycles. The zero-order valence-electron chi connectivity index (χ0n) is 16.6. The van der Waals surface area contributed by atoms with Gasteiger partial charge in [0.25, 0.3) is 0 Å². The van der Waals surface area contributed by atoms with Crippen molar-refractivity contribution in [3.63, 3.8) is 0 Å². The third-order valence-electron chi connectivity index (χ3n) is 4.95. The molecule has 0 atom stereocenters. The van der Waals surface area contributed by atoms with Crippen molar-refractivity contribution in [3.05, 3.63) is 109 Å². The Morgan fingerprint density at radius 3 is 1.23 bits per heavy atom. The van der Waals surface area contributed by atoms with Gasteiger partial charge in [-0.3, -0.25) is 0 Å². The van der Waals surface area contributed by atoms with Crippen molar-refractivity contribution in [1.82, 2.24) is 0 Å². The summed E-state index contributed by atoms with van der Waals surface area (Å²) in [6.45, 7) is 0. The van der Waals surface area contributed by atoms with Crippen LogP contribution in [0.5, 0.6) is 0 Å². The first-order valence-electron chi connectivity index (χ1n) is 9.91. The van der Waals surface area contributed by atoms with Gasteiger partial charge in [-0.1, -0.05) is 132 Å². The van der Waals surface area contributed by atoms with E-state index in [1.807, 2.05) is 84.9 Å². The minimum absolute atomic E-state index is 0.674. The minimum Gasteiger partial charge on any atom is -0.361 e. The van der Waals surface area contributed by atoms with Gasteiger partial charge >= 0.3 is 0 Å². The second kappa shape index (κ2) is 9.65. The van der Waals surface area contributed by atoms with E-state index in [9.17, 15) is 0 Å². The first-order chi connectivity index (χ1) is 15.0. The monoisotopic (exact) mass is 466 g/mol. The summed E-state index contributed by atoms with van der Waals surface area (Å²) < 4.78 is -1.60. The molecule has 4 rings (SSSR count). The summed E-state index contributed by atoms with van der Waals surface area (Å²) in [4.78, 5) is 0. The van der Waals surface area contributed by atoms with Crippen LogP contribution in [-0.4, -0.2) is 9.96 Å². The molecule has 0 aliphatic rings. The minimum atomic E-state index is -1.60. The van der Waals surface area contributed by atoms with Crippen molar-refractivity contribution in [2.45, 2.75) is 9.96 Å². The average Bonchev–Trinajstić information content (AvgIpc) is 2.80. The van der Waals surface area contributed by atoms with Crippen LogP contribution in [0, 0.1) is 0 Å². The molecule has 0 radical (unpaired) electrons. The summed E-state index contributed by atoms with van der Waals surface area (Å²) in [6.07, 6.45) is -0.674. The maximum absolute atomic E-state index is 6.40. The number of para-hydroxylation sites is 2. The number of rotatable bonds is 6. The zero-order chi connectivity index (χ0) is 21.7. The molecule has 0 unspecified atom stereocenters. The molecule has 2 N–H and O–H groups in total.